The topological polar surface area (TPSA) is 66.5 Å². The number of nitrogens with one attached hydrogen (secondary N) is 1. The molecule has 0 spiro atoms. The van der Waals surface area contributed by atoms with Crippen molar-refractivity contribution in [3.63, 3.8) is 0 Å². The van der Waals surface area contributed by atoms with E-state index in [-0.39, 0.29) is 22.2 Å². The molecule has 4 rings (SSSR count). The van der Waals surface area contributed by atoms with Gasteiger partial charge in [-0.2, -0.15) is 4.31 Å². The summed E-state index contributed by atoms with van der Waals surface area (Å²) in [5.74, 6) is -0.455. The van der Waals surface area contributed by atoms with E-state index in [4.69, 9.17) is 23.2 Å². The van der Waals surface area contributed by atoms with E-state index >= 15 is 0 Å². The van der Waals surface area contributed by atoms with Gasteiger partial charge in [-0.15, -0.1) is 11.3 Å². The summed E-state index contributed by atoms with van der Waals surface area (Å²) in [6.45, 7) is 0.123. The molecule has 29 heavy (non-hydrogen) atoms. The van der Waals surface area contributed by atoms with Crippen molar-refractivity contribution < 1.29 is 13.2 Å². The number of rotatable bonds is 4. The first kappa shape index (κ1) is 20.4. The molecule has 1 unspecified atom stereocenters. The molecule has 9 heteroatoms. The molecule has 1 atom stereocenters. The van der Waals surface area contributed by atoms with Gasteiger partial charge in [-0.25, -0.2) is 8.42 Å². The molecular weight excluding hydrogens is 451 g/mol. The molecule has 1 aromatic heterocycles. The summed E-state index contributed by atoms with van der Waals surface area (Å²) in [4.78, 5) is 13.2. The number of hydrogen-bond acceptors (Lipinski definition) is 4. The van der Waals surface area contributed by atoms with E-state index in [9.17, 15) is 13.2 Å². The average Bonchev–Trinajstić information content (AvgIpc) is 3.26. The molecule has 2 aromatic carbocycles. The number of sulfonamides is 1. The number of anilines is 1. The lowest BCUT2D eigenvalue weighted by Crippen LogP contribution is -2.50. The van der Waals surface area contributed by atoms with Gasteiger partial charge in [0.1, 0.15) is 10.3 Å². The maximum Gasteiger partial charge on any atom is 0.253 e. The number of fused-ring (bicyclic) bond motifs is 1. The Kier molecular flexibility index (Phi) is 5.68. The third kappa shape index (κ3) is 3.93. The van der Waals surface area contributed by atoms with Crippen LogP contribution in [-0.2, 0) is 27.8 Å². The van der Waals surface area contributed by atoms with E-state index in [1.165, 1.54) is 4.31 Å². The first-order valence-electron chi connectivity index (χ1n) is 8.75. The molecule has 2 heterocycles. The van der Waals surface area contributed by atoms with Crippen LogP contribution in [0, 0.1) is 0 Å². The van der Waals surface area contributed by atoms with Crippen molar-refractivity contribution in [2.45, 2.75) is 23.2 Å². The zero-order valence-electron chi connectivity index (χ0n) is 15.0. The number of nitrogens with zero attached hydrogens (tertiary/aromatic N) is 1. The van der Waals surface area contributed by atoms with Gasteiger partial charge < -0.3 is 5.32 Å². The van der Waals surface area contributed by atoms with Crippen molar-refractivity contribution in [3.8, 4) is 0 Å². The maximum atomic E-state index is 13.3. The molecule has 0 saturated carbocycles. The van der Waals surface area contributed by atoms with E-state index in [2.05, 4.69) is 5.32 Å². The van der Waals surface area contributed by atoms with Crippen LogP contribution < -0.4 is 5.32 Å². The fourth-order valence-corrected chi connectivity index (χ4v) is 6.35. The Labute approximate surface area is 182 Å². The summed E-state index contributed by atoms with van der Waals surface area (Å²) < 4.78 is 28.0. The molecule has 1 N–H and O–H groups in total. The largest absolute Gasteiger partial charge is 0.323 e. The van der Waals surface area contributed by atoms with Crippen LogP contribution in [0.5, 0.6) is 0 Å². The number of thiophene rings is 1. The lowest BCUT2D eigenvalue weighted by molar-refractivity contribution is -0.120. The van der Waals surface area contributed by atoms with Crippen LogP contribution in [0.4, 0.5) is 5.69 Å². The summed E-state index contributed by atoms with van der Waals surface area (Å²) in [6.07, 6.45) is 0.269. The predicted octanol–water partition coefficient (Wildman–Crippen LogP) is 4.81. The smallest absolute Gasteiger partial charge is 0.253 e. The van der Waals surface area contributed by atoms with Crippen molar-refractivity contribution in [1.29, 1.82) is 0 Å². The highest BCUT2D eigenvalue weighted by Gasteiger charge is 2.40. The van der Waals surface area contributed by atoms with E-state index in [0.717, 1.165) is 22.5 Å². The van der Waals surface area contributed by atoms with Crippen molar-refractivity contribution >= 4 is 56.2 Å². The molecular formula is C20H16Cl2N2O3S2. The van der Waals surface area contributed by atoms with Crippen molar-refractivity contribution in [1.82, 2.24) is 4.31 Å². The molecule has 150 valence electrons. The van der Waals surface area contributed by atoms with Crippen molar-refractivity contribution in [2.24, 2.45) is 0 Å². The molecule has 1 aliphatic rings. The molecule has 1 aliphatic heterocycles. The molecule has 5 nitrogen and oxygen atoms in total. The number of amides is 1. The van der Waals surface area contributed by atoms with E-state index in [1.54, 1.807) is 35.7 Å². The predicted molar refractivity (Wildman–Crippen MR) is 116 cm³/mol. The lowest BCUT2D eigenvalue weighted by Gasteiger charge is -2.34. The number of carbonyl (C=O) groups is 1. The van der Waals surface area contributed by atoms with Gasteiger partial charge >= 0.3 is 0 Å². The highest BCUT2D eigenvalue weighted by molar-refractivity contribution is 7.91. The van der Waals surface area contributed by atoms with Gasteiger partial charge in [0.25, 0.3) is 10.0 Å². The van der Waals surface area contributed by atoms with Crippen LogP contribution in [0.3, 0.4) is 0 Å². The summed E-state index contributed by atoms with van der Waals surface area (Å²) in [7, 11) is -3.83. The van der Waals surface area contributed by atoms with E-state index in [0.29, 0.717) is 10.7 Å². The summed E-state index contributed by atoms with van der Waals surface area (Å²) >= 11 is 13.3. The van der Waals surface area contributed by atoms with Crippen LogP contribution in [0.1, 0.15) is 11.1 Å². The average molecular weight is 467 g/mol. The minimum Gasteiger partial charge on any atom is -0.323 e. The third-order valence-corrected chi connectivity index (χ3v) is 8.82. The van der Waals surface area contributed by atoms with Crippen LogP contribution in [0.2, 0.25) is 10.0 Å². The Morgan fingerprint density at radius 2 is 1.79 bits per heavy atom. The monoisotopic (exact) mass is 466 g/mol. The Bertz CT molecular complexity index is 1160. The second-order valence-electron chi connectivity index (χ2n) is 6.56. The zero-order valence-corrected chi connectivity index (χ0v) is 18.2. The van der Waals surface area contributed by atoms with Gasteiger partial charge in [0.2, 0.25) is 5.91 Å². The Balaban J connectivity index is 1.72. The summed E-state index contributed by atoms with van der Waals surface area (Å²) in [6, 6.07) is 14.8. The standard InChI is InChI=1S/C20H16Cl2N2O3S2/c21-15-7-3-8-16(19(15)22)23-20(25)17-11-13-5-1-2-6-14(13)12-24(17)29(26,27)18-9-4-10-28-18/h1-10,17H,11-12H2,(H,23,25). The fourth-order valence-electron chi connectivity index (χ4n) is 3.32. The first-order valence-corrected chi connectivity index (χ1v) is 11.8. The molecule has 0 saturated heterocycles. The van der Waals surface area contributed by atoms with Gasteiger partial charge in [-0.3, -0.25) is 4.79 Å². The van der Waals surface area contributed by atoms with Crippen LogP contribution in [0.15, 0.2) is 64.2 Å². The first-order chi connectivity index (χ1) is 13.9. The molecule has 0 aliphatic carbocycles. The normalized spacial score (nSPS) is 17.0. The van der Waals surface area contributed by atoms with E-state index < -0.39 is 22.0 Å². The van der Waals surface area contributed by atoms with Gasteiger partial charge in [-0.05, 0) is 41.1 Å². The Hall–Kier alpha value is -1.90. The molecule has 0 fully saturated rings. The second kappa shape index (κ2) is 8.08. The minimum absolute atomic E-state index is 0.123. The Morgan fingerprint density at radius 1 is 1.03 bits per heavy atom. The van der Waals surface area contributed by atoms with Gasteiger partial charge in [0.15, 0.2) is 0 Å². The molecule has 0 radical (unpaired) electrons. The van der Waals surface area contributed by atoms with Crippen LogP contribution in [0.25, 0.3) is 0 Å². The van der Waals surface area contributed by atoms with Gasteiger partial charge in [0.05, 0.1) is 15.7 Å². The highest BCUT2D eigenvalue weighted by Crippen LogP contribution is 2.33. The summed E-state index contributed by atoms with van der Waals surface area (Å²) in [5.41, 5.74) is 2.18. The highest BCUT2D eigenvalue weighted by atomic mass is 35.5. The number of hydrogen-bond donors (Lipinski definition) is 1. The van der Waals surface area contributed by atoms with Crippen molar-refractivity contribution in [3.05, 3.63) is 81.1 Å². The van der Waals surface area contributed by atoms with Crippen molar-refractivity contribution in [2.75, 3.05) is 5.32 Å². The Morgan fingerprint density at radius 3 is 2.52 bits per heavy atom. The van der Waals surface area contributed by atoms with Crippen LogP contribution >= 0.6 is 34.5 Å². The van der Waals surface area contributed by atoms with Gasteiger partial charge in [-0.1, -0.05) is 59.6 Å². The molecule has 3 aromatic rings. The quantitative estimate of drug-likeness (QED) is 0.599. The number of benzene rings is 2. The zero-order chi connectivity index (χ0) is 20.6. The maximum absolute atomic E-state index is 13.3. The number of carbonyl (C=O) groups excluding carboxylic acids is 1. The van der Waals surface area contributed by atoms with Crippen LogP contribution in [-0.4, -0.2) is 24.7 Å². The molecule has 0 bridgehead atoms. The third-order valence-electron chi connectivity index (χ3n) is 4.78. The molecule has 1 amide bonds. The minimum atomic E-state index is -3.83. The fraction of sp³-hybridized carbons (Fsp3) is 0.150. The summed E-state index contributed by atoms with van der Waals surface area (Å²) in [5, 5.41) is 4.96. The van der Waals surface area contributed by atoms with E-state index in [1.807, 2.05) is 24.3 Å². The lowest BCUT2D eigenvalue weighted by atomic mass is 9.95. The number of halogens is 2. The SMILES string of the molecule is O=C(Nc1cccc(Cl)c1Cl)C1Cc2ccccc2CN1S(=O)(=O)c1cccs1. The van der Waals surface area contributed by atoms with Gasteiger partial charge in [0, 0.05) is 6.54 Å². The second-order valence-corrected chi connectivity index (χ2v) is 10.4.